The summed E-state index contributed by atoms with van der Waals surface area (Å²) in [5.41, 5.74) is 8.14. The molecule has 1 aromatic rings. The highest BCUT2D eigenvalue weighted by Gasteiger charge is 2.16. The molecule has 0 saturated heterocycles. The largest absolute Gasteiger partial charge is 0.488 e. The second-order valence-electron chi connectivity index (χ2n) is 3.15. The van der Waals surface area contributed by atoms with Gasteiger partial charge in [0.15, 0.2) is 0 Å². The van der Waals surface area contributed by atoms with E-state index >= 15 is 0 Å². The average molecular weight is 189 g/mol. The summed E-state index contributed by atoms with van der Waals surface area (Å²) in [5.74, 6) is 2.48. The van der Waals surface area contributed by atoms with Crippen molar-refractivity contribution in [3.63, 3.8) is 0 Å². The third-order valence-electron chi connectivity index (χ3n) is 2.13. The molecular weight excluding hydrogens is 177 g/mol. The molecule has 0 amide bonds. The maximum Gasteiger partial charge on any atom is 0.488 e. The minimum Gasteiger partial charge on any atom is -0.423 e. The number of nitrogens with two attached hydrogens (primary N) is 1. The molecule has 0 bridgehead atoms. The minimum atomic E-state index is -1.50. The zero-order chi connectivity index (χ0) is 10.7. The number of nitrogen functional groups attached to an aromatic ring is 1. The molecule has 0 aliphatic rings. The third kappa shape index (κ3) is 2.08. The van der Waals surface area contributed by atoms with Gasteiger partial charge in [-0.15, -0.1) is 12.3 Å². The van der Waals surface area contributed by atoms with E-state index in [-0.39, 0.29) is 0 Å². The topological polar surface area (TPSA) is 66.5 Å². The Balaban J connectivity index is 3.22. The minimum absolute atomic E-state index is 0.412. The van der Waals surface area contributed by atoms with Gasteiger partial charge < -0.3 is 15.8 Å². The van der Waals surface area contributed by atoms with Gasteiger partial charge in [-0.25, -0.2) is 0 Å². The number of terminal acetylenes is 1. The van der Waals surface area contributed by atoms with Crippen LogP contribution in [0.5, 0.6) is 0 Å². The summed E-state index contributed by atoms with van der Waals surface area (Å²) >= 11 is 0. The quantitative estimate of drug-likeness (QED) is 0.331. The van der Waals surface area contributed by atoms with Crippen LogP contribution in [0.25, 0.3) is 0 Å². The molecule has 1 aromatic carbocycles. The molecule has 0 aliphatic carbocycles. The molecule has 72 valence electrons. The lowest BCUT2D eigenvalue weighted by Crippen LogP contribution is -2.33. The van der Waals surface area contributed by atoms with Gasteiger partial charge in [0.1, 0.15) is 0 Å². The van der Waals surface area contributed by atoms with Crippen molar-refractivity contribution in [2.24, 2.45) is 0 Å². The summed E-state index contributed by atoms with van der Waals surface area (Å²) in [5, 5.41) is 18.1. The summed E-state index contributed by atoms with van der Waals surface area (Å²) in [6, 6.07) is 3.41. The smallest absolute Gasteiger partial charge is 0.423 e. The van der Waals surface area contributed by atoms with Crippen molar-refractivity contribution < 1.29 is 10.0 Å². The Hall–Kier alpha value is -1.44. The number of anilines is 1. The molecule has 4 heteroatoms. The Morgan fingerprint density at radius 1 is 1.50 bits per heavy atom. The van der Waals surface area contributed by atoms with Crippen LogP contribution >= 0.6 is 0 Å². The highest BCUT2D eigenvalue weighted by molar-refractivity contribution is 6.59. The van der Waals surface area contributed by atoms with Crippen molar-refractivity contribution in [3.8, 4) is 12.3 Å². The first-order chi connectivity index (χ1) is 6.56. The molecule has 14 heavy (non-hydrogen) atoms. The van der Waals surface area contributed by atoms with Crippen LogP contribution in [0.15, 0.2) is 12.1 Å². The van der Waals surface area contributed by atoms with Crippen LogP contribution < -0.4 is 11.2 Å². The Bertz CT molecular complexity index is 382. The van der Waals surface area contributed by atoms with Crippen LogP contribution in [0.1, 0.15) is 11.1 Å². The molecule has 0 spiro atoms. The molecule has 0 saturated carbocycles. The van der Waals surface area contributed by atoms with Crippen LogP contribution in [0, 0.1) is 19.3 Å². The van der Waals surface area contributed by atoms with Crippen molar-refractivity contribution in [1.82, 2.24) is 0 Å². The Morgan fingerprint density at radius 2 is 2.14 bits per heavy atom. The zero-order valence-corrected chi connectivity index (χ0v) is 7.99. The van der Waals surface area contributed by atoms with E-state index in [0.717, 1.165) is 5.56 Å². The molecule has 0 heterocycles. The highest BCUT2D eigenvalue weighted by atomic mass is 16.4. The van der Waals surface area contributed by atoms with Crippen LogP contribution in [0.2, 0.25) is 0 Å². The van der Waals surface area contributed by atoms with Gasteiger partial charge >= 0.3 is 7.12 Å². The van der Waals surface area contributed by atoms with Gasteiger partial charge in [-0.3, -0.25) is 0 Å². The molecule has 0 fully saturated rings. The zero-order valence-electron chi connectivity index (χ0n) is 7.99. The molecule has 0 aromatic heterocycles. The van der Waals surface area contributed by atoms with E-state index in [1.165, 1.54) is 0 Å². The lowest BCUT2D eigenvalue weighted by Gasteiger charge is -2.09. The Morgan fingerprint density at radius 3 is 2.64 bits per heavy atom. The number of benzene rings is 1. The molecule has 0 aliphatic heterocycles. The van der Waals surface area contributed by atoms with Crippen LogP contribution in [0.3, 0.4) is 0 Å². The molecular formula is C10H12BNO2. The average Bonchev–Trinajstić information content (AvgIpc) is 2.11. The fraction of sp³-hybridized carbons (Fsp3) is 0.200. The Labute approximate surface area is 83.7 Å². The summed E-state index contributed by atoms with van der Waals surface area (Å²) in [6.07, 6.45) is 5.59. The van der Waals surface area contributed by atoms with Crippen molar-refractivity contribution >= 4 is 18.3 Å². The van der Waals surface area contributed by atoms with E-state index in [0.29, 0.717) is 23.1 Å². The van der Waals surface area contributed by atoms with E-state index in [4.69, 9.17) is 22.2 Å². The van der Waals surface area contributed by atoms with Gasteiger partial charge in [-0.1, -0.05) is 6.07 Å². The van der Waals surface area contributed by atoms with E-state index in [2.05, 4.69) is 5.92 Å². The van der Waals surface area contributed by atoms with Crippen LogP contribution in [-0.4, -0.2) is 17.2 Å². The summed E-state index contributed by atoms with van der Waals surface area (Å²) in [6.45, 7) is 1.74. The summed E-state index contributed by atoms with van der Waals surface area (Å²) in [7, 11) is -1.50. The highest BCUT2D eigenvalue weighted by Crippen LogP contribution is 2.11. The number of rotatable bonds is 2. The van der Waals surface area contributed by atoms with Gasteiger partial charge in [-0.05, 0) is 29.6 Å². The maximum absolute atomic E-state index is 9.07. The van der Waals surface area contributed by atoms with Crippen molar-refractivity contribution in [1.29, 1.82) is 0 Å². The first-order valence-corrected chi connectivity index (χ1v) is 4.24. The molecule has 3 nitrogen and oxygen atoms in total. The van der Waals surface area contributed by atoms with Gasteiger partial charge in [-0.2, -0.15) is 0 Å². The van der Waals surface area contributed by atoms with Crippen molar-refractivity contribution in [3.05, 3.63) is 23.3 Å². The van der Waals surface area contributed by atoms with E-state index in [9.17, 15) is 0 Å². The van der Waals surface area contributed by atoms with E-state index in [1.54, 1.807) is 19.1 Å². The summed E-state index contributed by atoms with van der Waals surface area (Å²) in [4.78, 5) is 0. The van der Waals surface area contributed by atoms with Crippen LogP contribution in [0.4, 0.5) is 5.69 Å². The predicted octanol–water partition coefficient (Wildman–Crippen LogP) is -0.567. The number of hydrogen-bond acceptors (Lipinski definition) is 3. The van der Waals surface area contributed by atoms with E-state index < -0.39 is 7.12 Å². The molecule has 0 atom stereocenters. The molecule has 1 rings (SSSR count). The lowest BCUT2D eigenvalue weighted by atomic mass is 9.76. The molecule has 0 radical (unpaired) electrons. The Kier molecular flexibility index (Phi) is 3.18. The van der Waals surface area contributed by atoms with Gasteiger partial charge in [0.2, 0.25) is 0 Å². The van der Waals surface area contributed by atoms with Gasteiger partial charge in [0.25, 0.3) is 0 Å². The fourth-order valence-corrected chi connectivity index (χ4v) is 1.31. The first-order valence-electron chi connectivity index (χ1n) is 4.24. The normalized spacial score (nSPS) is 9.57. The SMILES string of the molecule is C#CCc1cc(N)c(C)c(B(O)O)c1. The summed E-state index contributed by atoms with van der Waals surface area (Å²) < 4.78 is 0. The fourth-order valence-electron chi connectivity index (χ4n) is 1.31. The van der Waals surface area contributed by atoms with Crippen molar-refractivity contribution in [2.75, 3.05) is 5.73 Å². The first kappa shape index (κ1) is 10.6. The van der Waals surface area contributed by atoms with Gasteiger partial charge in [0.05, 0.1) is 0 Å². The molecule has 0 unspecified atom stereocenters. The second-order valence-corrected chi connectivity index (χ2v) is 3.15. The maximum atomic E-state index is 9.07. The van der Waals surface area contributed by atoms with E-state index in [1.807, 2.05) is 0 Å². The lowest BCUT2D eigenvalue weighted by molar-refractivity contribution is 0.425. The number of hydrogen-bond donors (Lipinski definition) is 3. The second kappa shape index (κ2) is 4.18. The predicted molar refractivity (Wildman–Crippen MR) is 58.0 cm³/mol. The van der Waals surface area contributed by atoms with Crippen molar-refractivity contribution in [2.45, 2.75) is 13.3 Å². The third-order valence-corrected chi connectivity index (χ3v) is 2.13. The van der Waals surface area contributed by atoms with Gasteiger partial charge in [0, 0.05) is 12.1 Å². The molecule has 4 N–H and O–H groups in total. The monoisotopic (exact) mass is 189 g/mol. The standard InChI is InChI=1S/C10H12BNO2/c1-3-4-8-5-9(11(13)14)7(2)10(12)6-8/h1,5-6,13-14H,4,12H2,2H3. The van der Waals surface area contributed by atoms with Crippen LogP contribution in [-0.2, 0) is 6.42 Å².